The standard InChI is InChI=1S/C11H16N2O3S/c12-8-11(4-1-2-5-11)13-9(14)7-17-6-3-10(15)16/h1-7H2,(H,13,14)(H,15,16). The summed E-state index contributed by atoms with van der Waals surface area (Å²) in [4.78, 5) is 21.8. The Morgan fingerprint density at radius 3 is 2.59 bits per heavy atom. The minimum absolute atomic E-state index is 0.0569. The number of carboxylic acid groups (broad SMARTS) is 1. The Morgan fingerprint density at radius 1 is 1.41 bits per heavy atom. The van der Waals surface area contributed by atoms with Gasteiger partial charge in [0.15, 0.2) is 0 Å². The number of nitrogens with zero attached hydrogens (tertiary/aromatic N) is 1. The van der Waals surface area contributed by atoms with E-state index in [0.717, 1.165) is 25.7 Å². The molecule has 0 bridgehead atoms. The van der Waals surface area contributed by atoms with E-state index in [1.807, 2.05) is 0 Å². The highest BCUT2D eigenvalue weighted by Crippen LogP contribution is 2.28. The number of hydrogen-bond acceptors (Lipinski definition) is 4. The molecule has 0 unspecified atom stereocenters. The SMILES string of the molecule is N#CC1(NC(=O)CSCCC(=O)O)CCCC1. The van der Waals surface area contributed by atoms with Crippen LogP contribution < -0.4 is 5.32 Å². The number of nitrogens with one attached hydrogen (secondary N) is 1. The van der Waals surface area contributed by atoms with Crippen LogP contribution in [0.3, 0.4) is 0 Å². The Morgan fingerprint density at radius 2 is 2.06 bits per heavy atom. The van der Waals surface area contributed by atoms with Gasteiger partial charge in [0.25, 0.3) is 0 Å². The number of carbonyl (C=O) groups excluding carboxylic acids is 1. The molecule has 17 heavy (non-hydrogen) atoms. The molecule has 1 saturated carbocycles. The molecule has 0 atom stereocenters. The van der Waals surface area contributed by atoms with E-state index in [2.05, 4.69) is 11.4 Å². The normalized spacial score (nSPS) is 17.4. The fourth-order valence-corrected chi connectivity index (χ4v) is 2.59. The summed E-state index contributed by atoms with van der Waals surface area (Å²) in [5.41, 5.74) is -0.676. The van der Waals surface area contributed by atoms with Crippen LogP contribution in [-0.2, 0) is 9.59 Å². The van der Waals surface area contributed by atoms with Gasteiger partial charge in [-0.25, -0.2) is 0 Å². The molecule has 0 aromatic carbocycles. The van der Waals surface area contributed by atoms with Crippen molar-refractivity contribution in [3.63, 3.8) is 0 Å². The summed E-state index contributed by atoms with van der Waals surface area (Å²) >= 11 is 1.28. The predicted molar refractivity (Wildman–Crippen MR) is 64.5 cm³/mol. The van der Waals surface area contributed by atoms with Crippen LogP contribution in [-0.4, -0.2) is 34.0 Å². The van der Waals surface area contributed by atoms with Gasteiger partial charge in [-0.2, -0.15) is 17.0 Å². The second-order valence-corrected chi connectivity index (χ2v) is 5.25. The van der Waals surface area contributed by atoms with Crippen LogP contribution in [0.5, 0.6) is 0 Å². The van der Waals surface area contributed by atoms with Crippen molar-refractivity contribution in [3.8, 4) is 6.07 Å². The number of nitriles is 1. The smallest absolute Gasteiger partial charge is 0.304 e. The Labute approximate surface area is 105 Å². The highest BCUT2D eigenvalue weighted by Gasteiger charge is 2.35. The van der Waals surface area contributed by atoms with E-state index < -0.39 is 11.5 Å². The molecule has 0 radical (unpaired) electrons. The number of thioether (sulfide) groups is 1. The molecule has 2 N–H and O–H groups in total. The maximum absolute atomic E-state index is 11.6. The first kappa shape index (κ1) is 13.8. The monoisotopic (exact) mass is 256 g/mol. The zero-order chi connectivity index (χ0) is 12.7. The van der Waals surface area contributed by atoms with Crippen LogP contribution in [0, 0.1) is 11.3 Å². The van der Waals surface area contributed by atoms with E-state index in [1.165, 1.54) is 11.8 Å². The van der Waals surface area contributed by atoms with Crippen LogP contribution in [0.1, 0.15) is 32.1 Å². The van der Waals surface area contributed by atoms with Crippen LogP contribution in [0.2, 0.25) is 0 Å². The lowest BCUT2D eigenvalue weighted by Crippen LogP contribution is -2.45. The Kier molecular flexibility index (Phi) is 5.29. The fraction of sp³-hybridized carbons (Fsp3) is 0.727. The van der Waals surface area contributed by atoms with Gasteiger partial charge in [-0.15, -0.1) is 0 Å². The van der Waals surface area contributed by atoms with Gasteiger partial charge in [-0.05, 0) is 25.7 Å². The van der Waals surface area contributed by atoms with E-state index in [9.17, 15) is 9.59 Å². The third-order valence-electron chi connectivity index (χ3n) is 2.74. The maximum Gasteiger partial charge on any atom is 0.304 e. The first-order valence-corrected chi connectivity index (χ1v) is 6.75. The summed E-state index contributed by atoms with van der Waals surface area (Å²) in [6, 6.07) is 2.18. The molecular weight excluding hydrogens is 240 g/mol. The van der Waals surface area contributed by atoms with Crippen molar-refractivity contribution >= 4 is 23.6 Å². The summed E-state index contributed by atoms with van der Waals surface area (Å²) in [5.74, 6) is -0.398. The van der Waals surface area contributed by atoms with Gasteiger partial charge in [-0.1, -0.05) is 0 Å². The van der Waals surface area contributed by atoms with Crippen molar-refractivity contribution in [1.82, 2.24) is 5.32 Å². The average Bonchev–Trinajstić information content (AvgIpc) is 2.73. The molecule has 1 rings (SSSR count). The quantitative estimate of drug-likeness (QED) is 0.696. The molecular formula is C11H16N2O3S. The van der Waals surface area contributed by atoms with Crippen molar-refractivity contribution in [2.45, 2.75) is 37.6 Å². The number of carbonyl (C=O) groups is 2. The molecule has 0 aromatic rings. The minimum Gasteiger partial charge on any atom is -0.481 e. The molecule has 5 nitrogen and oxygen atoms in total. The summed E-state index contributed by atoms with van der Waals surface area (Å²) in [7, 11) is 0. The summed E-state index contributed by atoms with van der Waals surface area (Å²) in [5, 5.41) is 20.3. The number of rotatable bonds is 6. The number of hydrogen-bond donors (Lipinski definition) is 2. The number of carboxylic acids is 1. The molecule has 6 heteroatoms. The van der Waals surface area contributed by atoms with E-state index in [-0.39, 0.29) is 18.1 Å². The van der Waals surface area contributed by atoms with Crippen LogP contribution >= 0.6 is 11.8 Å². The van der Waals surface area contributed by atoms with Gasteiger partial charge in [0.1, 0.15) is 5.54 Å². The Bertz CT molecular complexity index is 332. The molecule has 0 aromatic heterocycles. The largest absolute Gasteiger partial charge is 0.481 e. The van der Waals surface area contributed by atoms with Crippen molar-refractivity contribution in [3.05, 3.63) is 0 Å². The number of aliphatic carboxylic acids is 1. The maximum atomic E-state index is 11.6. The van der Waals surface area contributed by atoms with Gasteiger partial charge in [0, 0.05) is 5.75 Å². The summed E-state index contributed by atoms with van der Waals surface area (Å²) < 4.78 is 0. The molecule has 1 aliphatic rings. The first-order valence-electron chi connectivity index (χ1n) is 5.60. The van der Waals surface area contributed by atoms with Crippen LogP contribution in [0.25, 0.3) is 0 Å². The number of amides is 1. The average molecular weight is 256 g/mol. The molecule has 0 saturated heterocycles. The Hall–Kier alpha value is -1.22. The Balaban J connectivity index is 2.25. The summed E-state index contributed by atoms with van der Waals surface area (Å²) in [6.45, 7) is 0. The second kappa shape index (κ2) is 6.50. The van der Waals surface area contributed by atoms with Crippen LogP contribution in [0.15, 0.2) is 0 Å². The lowest BCUT2D eigenvalue weighted by atomic mass is 10.0. The molecule has 1 fully saturated rings. The zero-order valence-electron chi connectivity index (χ0n) is 9.57. The minimum atomic E-state index is -0.859. The lowest BCUT2D eigenvalue weighted by Gasteiger charge is -2.21. The molecule has 0 aliphatic heterocycles. The van der Waals surface area contributed by atoms with Gasteiger partial charge < -0.3 is 10.4 Å². The highest BCUT2D eigenvalue weighted by atomic mass is 32.2. The molecule has 0 spiro atoms. The van der Waals surface area contributed by atoms with Crippen molar-refractivity contribution in [2.75, 3.05) is 11.5 Å². The van der Waals surface area contributed by atoms with Crippen LogP contribution in [0.4, 0.5) is 0 Å². The van der Waals surface area contributed by atoms with Gasteiger partial charge >= 0.3 is 5.97 Å². The van der Waals surface area contributed by atoms with Gasteiger partial charge in [0.2, 0.25) is 5.91 Å². The second-order valence-electron chi connectivity index (χ2n) is 4.15. The molecule has 1 aliphatic carbocycles. The fourth-order valence-electron chi connectivity index (χ4n) is 1.87. The van der Waals surface area contributed by atoms with Crippen molar-refractivity contribution < 1.29 is 14.7 Å². The summed E-state index contributed by atoms with van der Waals surface area (Å²) in [6.07, 6.45) is 3.44. The third-order valence-corrected chi connectivity index (χ3v) is 3.70. The van der Waals surface area contributed by atoms with E-state index in [1.54, 1.807) is 0 Å². The van der Waals surface area contributed by atoms with E-state index >= 15 is 0 Å². The van der Waals surface area contributed by atoms with E-state index in [0.29, 0.717) is 5.75 Å². The predicted octanol–water partition coefficient (Wildman–Crippen LogP) is 1.15. The topological polar surface area (TPSA) is 90.2 Å². The third kappa shape index (κ3) is 4.65. The molecule has 0 heterocycles. The van der Waals surface area contributed by atoms with E-state index in [4.69, 9.17) is 10.4 Å². The molecule has 94 valence electrons. The van der Waals surface area contributed by atoms with Gasteiger partial charge in [0.05, 0.1) is 18.2 Å². The van der Waals surface area contributed by atoms with Crippen molar-refractivity contribution in [2.24, 2.45) is 0 Å². The zero-order valence-corrected chi connectivity index (χ0v) is 10.4. The van der Waals surface area contributed by atoms with Gasteiger partial charge in [-0.3, -0.25) is 9.59 Å². The first-order chi connectivity index (χ1) is 8.08. The highest BCUT2D eigenvalue weighted by molar-refractivity contribution is 7.99. The molecule has 1 amide bonds. The lowest BCUT2D eigenvalue weighted by molar-refractivity contribution is -0.136. The van der Waals surface area contributed by atoms with Crippen molar-refractivity contribution in [1.29, 1.82) is 5.26 Å².